The number of anilines is 1. The summed E-state index contributed by atoms with van der Waals surface area (Å²) in [5.41, 5.74) is 8.46. The maximum absolute atomic E-state index is 10.6. The number of para-hydroxylation sites is 1. The average Bonchev–Trinajstić information content (AvgIpc) is 3.35. The van der Waals surface area contributed by atoms with Gasteiger partial charge >= 0.3 is 12.1 Å². The van der Waals surface area contributed by atoms with Gasteiger partial charge in [-0.05, 0) is 48.0 Å². The van der Waals surface area contributed by atoms with Crippen LogP contribution in [0.1, 0.15) is 5.56 Å². The van der Waals surface area contributed by atoms with Gasteiger partial charge < -0.3 is 20.0 Å². The molecule has 4 aromatic rings. The Hall–Kier alpha value is -4.78. The molecule has 0 spiro atoms. The first-order valence-corrected chi connectivity index (χ1v) is 9.57. The standard InChI is InChI=1S/C22H15N3O2.C2HF3O2/c23-14-19-18(13-20(25-22(19)24)21-7-4-12-26-21)15-8-10-17(11-9-15)27-16-5-2-1-3-6-16;3-2(4,5)1(6)7/h1-13H,(H2,24,25);(H,6,7). The van der Waals surface area contributed by atoms with Crippen LogP contribution >= 0.6 is 0 Å². The van der Waals surface area contributed by atoms with E-state index >= 15 is 0 Å². The van der Waals surface area contributed by atoms with E-state index in [0.717, 1.165) is 11.3 Å². The zero-order chi connectivity index (χ0) is 24.7. The molecule has 0 aliphatic heterocycles. The van der Waals surface area contributed by atoms with Crippen LogP contribution in [0.2, 0.25) is 0 Å². The van der Waals surface area contributed by atoms with Crippen molar-refractivity contribution in [2.75, 3.05) is 5.73 Å². The van der Waals surface area contributed by atoms with E-state index in [9.17, 15) is 18.4 Å². The van der Waals surface area contributed by atoms with Crippen LogP contribution in [-0.4, -0.2) is 22.2 Å². The lowest BCUT2D eigenvalue weighted by atomic mass is 9.99. The van der Waals surface area contributed by atoms with E-state index in [0.29, 0.717) is 28.3 Å². The minimum atomic E-state index is -5.08. The number of nitrogens with two attached hydrogens (primary N) is 1. The van der Waals surface area contributed by atoms with Crippen molar-refractivity contribution in [2.24, 2.45) is 0 Å². The summed E-state index contributed by atoms with van der Waals surface area (Å²) < 4.78 is 43.0. The van der Waals surface area contributed by atoms with Crippen molar-refractivity contribution in [3.05, 3.63) is 84.6 Å². The molecule has 0 unspecified atom stereocenters. The Labute approximate surface area is 191 Å². The lowest BCUT2D eigenvalue weighted by Gasteiger charge is -2.10. The van der Waals surface area contributed by atoms with E-state index in [4.69, 9.17) is 24.8 Å². The lowest BCUT2D eigenvalue weighted by Crippen LogP contribution is -2.21. The molecule has 3 N–H and O–H groups in total. The fourth-order valence-corrected chi connectivity index (χ4v) is 2.79. The van der Waals surface area contributed by atoms with Gasteiger partial charge in [-0.25, -0.2) is 9.78 Å². The number of carboxylic acid groups (broad SMARTS) is 1. The number of aromatic nitrogens is 1. The summed E-state index contributed by atoms with van der Waals surface area (Å²) >= 11 is 0. The first-order chi connectivity index (χ1) is 16.2. The van der Waals surface area contributed by atoms with Crippen LogP contribution in [-0.2, 0) is 4.79 Å². The first-order valence-electron chi connectivity index (χ1n) is 9.57. The van der Waals surface area contributed by atoms with E-state index in [1.807, 2.05) is 54.6 Å². The van der Waals surface area contributed by atoms with E-state index in [-0.39, 0.29) is 5.82 Å². The Kier molecular flexibility index (Phi) is 7.18. The Morgan fingerprint density at radius 3 is 2.18 bits per heavy atom. The van der Waals surface area contributed by atoms with E-state index in [1.54, 1.807) is 24.5 Å². The van der Waals surface area contributed by atoms with Gasteiger partial charge in [-0.3, -0.25) is 0 Å². The van der Waals surface area contributed by atoms with E-state index < -0.39 is 12.1 Å². The number of nitriles is 1. The highest BCUT2D eigenvalue weighted by molar-refractivity contribution is 5.79. The summed E-state index contributed by atoms with van der Waals surface area (Å²) in [5.74, 6) is -0.525. The van der Waals surface area contributed by atoms with Crippen LogP contribution in [0.5, 0.6) is 11.5 Å². The van der Waals surface area contributed by atoms with Gasteiger partial charge in [0.15, 0.2) is 5.76 Å². The molecule has 0 amide bonds. The van der Waals surface area contributed by atoms with Crippen LogP contribution in [0, 0.1) is 11.3 Å². The fourth-order valence-electron chi connectivity index (χ4n) is 2.79. The zero-order valence-corrected chi connectivity index (χ0v) is 17.3. The molecule has 0 bridgehead atoms. The molecular formula is C24H16F3N3O4. The highest BCUT2D eigenvalue weighted by Crippen LogP contribution is 2.33. The van der Waals surface area contributed by atoms with Gasteiger partial charge in [0.1, 0.15) is 34.6 Å². The number of alkyl halides is 3. The summed E-state index contributed by atoms with van der Waals surface area (Å²) in [4.78, 5) is 13.2. The summed E-state index contributed by atoms with van der Waals surface area (Å²) in [6, 6.07) is 24.6. The summed E-state index contributed by atoms with van der Waals surface area (Å²) in [5, 5.41) is 16.6. The maximum Gasteiger partial charge on any atom is 0.490 e. The van der Waals surface area contributed by atoms with Crippen LogP contribution < -0.4 is 10.5 Å². The van der Waals surface area contributed by atoms with Gasteiger partial charge in [0, 0.05) is 5.56 Å². The van der Waals surface area contributed by atoms with Crippen molar-refractivity contribution in [1.82, 2.24) is 4.98 Å². The number of nitrogens with zero attached hydrogens (tertiary/aromatic N) is 2. The molecule has 10 heteroatoms. The van der Waals surface area contributed by atoms with Crippen molar-refractivity contribution >= 4 is 11.8 Å². The Morgan fingerprint density at radius 1 is 1.03 bits per heavy atom. The van der Waals surface area contributed by atoms with Gasteiger partial charge in [-0.15, -0.1) is 0 Å². The van der Waals surface area contributed by atoms with Gasteiger partial charge in [0.2, 0.25) is 0 Å². The molecule has 0 fully saturated rings. The maximum atomic E-state index is 10.6. The molecule has 0 aliphatic carbocycles. The Morgan fingerprint density at radius 2 is 1.65 bits per heavy atom. The molecule has 4 rings (SSSR count). The second-order valence-corrected chi connectivity index (χ2v) is 6.65. The molecule has 0 atom stereocenters. The number of hydrogen-bond donors (Lipinski definition) is 2. The van der Waals surface area contributed by atoms with Crippen molar-refractivity contribution in [3.63, 3.8) is 0 Å². The Balaban J connectivity index is 0.000000406. The quantitative estimate of drug-likeness (QED) is 0.384. The SMILES string of the molecule is N#Cc1c(-c2ccc(Oc3ccccc3)cc2)cc(-c2ccco2)nc1N.O=C(O)C(F)(F)F. The van der Waals surface area contributed by atoms with E-state index in [2.05, 4.69) is 11.1 Å². The Bertz CT molecular complexity index is 1300. The van der Waals surface area contributed by atoms with Crippen LogP contribution in [0.25, 0.3) is 22.6 Å². The molecular weight excluding hydrogens is 451 g/mol. The number of aliphatic carboxylic acids is 1. The van der Waals surface area contributed by atoms with Gasteiger partial charge in [-0.1, -0.05) is 30.3 Å². The number of ether oxygens (including phenoxy) is 1. The van der Waals surface area contributed by atoms with Crippen LogP contribution in [0.4, 0.5) is 19.0 Å². The number of nitrogen functional groups attached to an aromatic ring is 1. The number of rotatable bonds is 4. The predicted molar refractivity (Wildman–Crippen MR) is 117 cm³/mol. The van der Waals surface area contributed by atoms with Gasteiger partial charge in [0.05, 0.1) is 6.26 Å². The summed E-state index contributed by atoms with van der Waals surface area (Å²) in [7, 11) is 0. The third-order valence-electron chi connectivity index (χ3n) is 4.32. The molecule has 0 saturated carbocycles. The van der Waals surface area contributed by atoms with Crippen molar-refractivity contribution in [2.45, 2.75) is 6.18 Å². The smallest absolute Gasteiger partial charge is 0.475 e. The monoisotopic (exact) mass is 467 g/mol. The number of benzene rings is 2. The van der Waals surface area contributed by atoms with Crippen molar-refractivity contribution in [3.8, 4) is 40.1 Å². The largest absolute Gasteiger partial charge is 0.490 e. The molecule has 2 heterocycles. The number of pyridine rings is 1. The molecule has 34 heavy (non-hydrogen) atoms. The molecule has 0 aliphatic rings. The fraction of sp³-hybridized carbons (Fsp3) is 0.0417. The summed E-state index contributed by atoms with van der Waals surface area (Å²) in [6.07, 6.45) is -3.51. The molecule has 172 valence electrons. The van der Waals surface area contributed by atoms with Crippen LogP contribution in [0.15, 0.2) is 83.5 Å². The second kappa shape index (κ2) is 10.2. The number of hydrogen-bond acceptors (Lipinski definition) is 6. The molecule has 2 aromatic heterocycles. The number of halogens is 3. The molecule has 0 radical (unpaired) electrons. The number of furan rings is 1. The molecule has 2 aromatic carbocycles. The summed E-state index contributed by atoms with van der Waals surface area (Å²) in [6.45, 7) is 0. The molecule has 0 saturated heterocycles. The topological polar surface area (TPSA) is 122 Å². The second-order valence-electron chi connectivity index (χ2n) is 6.65. The normalized spacial score (nSPS) is 10.5. The third kappa shape index (κ3) is 5.92. The predicted octanol–water partition coefficient (Wildman–Crippen LogP) is 5.89. The number of carbonyl (C=O) groups is 1. The molecule has 7 nitrogen and oxygen atoms in total. The van der Waals surface area contributed by atoms with E-state index in [1.165, 1.54) is 0 Å². The highest BCUT2D eigenvalue weighted by Gasteiger charge is 2.38. The van der Waals surface area contributed by atoms with Crippen LogP contribution in [0.3, 0.4) is 0 Å². The third-order valence-corrected chi connectivity index (χ3v) is 4.32. The minimum absolute atomic E-state index is 0.172. The van der Waals surface area contributed by atoms with Gasteiger partial charge in [-0.2, -0.15) is 18.4 Å². The lowest BCUT2D eigenvalue weighted by molar-refractivity contribution is -0.192. The highest BCUT2D eigenvalue weighted by atomic mass is 19.4. The first kappa shape index (κ1) is 23.9. The van der Waals surface area contributed by atoms with Crippen molar-refractivity contribution in [1.29, 1.82) is 5.26 Å². The number of carboxylic acids is 1. The zero-order valence-electron chi connectivity index (χ0n) is 17.3. The average molecular weight is 467 g/mol. The van der Waals surface area contributed by atoms with Gasteiger partial charge in [0.25, 0.3) is 0 Å². The van der Waals surface area contributed by atoms with Crippen molar-refractivity contribution < 1.29 is 32.2 Å². The minimum Gasteiger partial charge on any atom is -0.475 e.